The van der Waals surface area contributed by atoms with E-state index < -0.39 is 0 Å². The van der Waals surface area contributed by atoms with Gasteiger partial charge < -0.3 is 5.73 Å². The van der Waals surface area contributed by atoms with E-state index in [0.29, 0.717) is 10.8 Å². The molecular formula is C13H13Cl2N3OS. The first-order valence-corrected chi connectivity index (χ1v) is 7.51. The van der Waals surface area contributed by atoms with Crippen LogP contribution in [0.1, 0.15) is 27.9 Å². The highest BCUT2D eigenvalue weighted by molar-refractivity contribution is 7.15. The van der Waals surface area contributed by atoms with Crippen LogP contribution in [0.25, 0.3) is 0 Å². The van der Waals surface area contributed by atoms with Gasteiger partial charge in [0.15, 0.2) is 5.13 Å². The molecule has 0 bridgehead atoms. The lowest BCUT2D eigenvalue weighted by atomic mass is 10.2. The summed E-state index contributed by atoms with van der Waals surface area (Å²) >= 11 is 13.4. The van der Waals surface area contributed by atoms with Crippen molar-refractivity contribution in [2.45, 2.75) is 20.3 Å². The maximum atomic E-state index is 12.2. The first-order valence-electron chi connectivity index (χ1n) is 5.94. The number of hydrogen-bond acceptors (Lipinski definition) is 4. The molecule has 0 aliphatic carbocycles. The van der Waals surface area contributed by atoms with Gasteiger partial charge in [-0.25, -0.2) is 4.98 Å². The van der Waals surface area contributed by atoms with Crippen molar-refractivity contribution in [3.05, 3.63) is 38.3 Å². The Balaban J connectivity index is 2.28. The number of nitrogens with one attached hydrogen (secondary N) is 1. The van der Waals surface area contributed by atoms with Crippen LogP contribution in [0.15, 0.2) is 12.1 Å². The lowest BCUT2D eigenvalue weighted by Gasteiger charge is -2.07. The predicted molar refractivity (Wildman–Crippen MR) is 85.1 cm³/mol. The molecule has 20 heavy (non-hydrogen) atoms. The molecule has 0 fully saturated rings. The summed E-state index contributed by atoms with van der Waals surface area (Å²) in [6.07, 6.45) is 0.822. The normalized spacial score (nSPS) is 10.6. The molecule has 0 saturated carbocycles. The molecule has 0 radical (unpaired) electrons. The molecule has 1 aromatic carbocycles. The van der Waals surface area contributed by atoms with Gasteiger partial charge in [0.25, 0.3) is 5.91 Å². The van der Waals surface area contributed by atoms with E-state index in [9.17, 15) is 4.79 Å². The summed E-state index contributed by atoms with van der Waals surface area (Å²) in [5.74, 6) is -0.374. The van der Waals surface area contributed by atoms with Crippen molar-refractivity contribution in [1.29, 1.82) is 0 Å². The fourth-order valence-corrected chi connectivity index (χ4v) is 3.07. The minimum atomic E-state index is -0.374. The molecule has 1 aromatic heterocycles. The summed E-state index contributed by atoms with van der Waals surface area (Å²) < 4.78 is 0. The Morgan fingerprint density at radius 2 is 2.15 bits per heavy atom. The summed E-state index contributed by atoms with van der Waals surface area (Å²) in [4.78, 5) is 17.6. The number of aryl methyl sites for hydroxylation is 2. The summed E-state index contributed by atoms with van der Waals surface area (Å²) in [6.45, 7) is 3.98. The number of benzene rings is 1. The molecular weight excluding hydrogens is 317 g/mol. The topological polar surface area (TPSA) is 68.0 Å². The summed E-state index contributed by atoms with van der Waals surface area (Å²) in [7, 11) is 0. The number of thiazole rings is 1. The number of nitrogen functional groups attached to an aromatic ring is 1. The summed E-state index contributed by atoms with van der Waals surface area (Å²) in [6, 6.07) is 2.99. The highest BCUT2D eigenvalue weighted by Crippen LogP contribution is 2.30. The molecule has 0 aliphatic heterocycles. The molecule has 4 nitrogen and oxygen atoms in total. The largest absolute Gasteiger partial charge is 0.399 e. The third-order valence-electron chi connectivity index (χ3n) is 2.74. The average Bonchev–Trinajstić information content (AvgIpc) is 2.73. The Bertz CT molecular complexity index is 670. The Hall–Kier alpha value is -1.30. The van der Waals surface area contributed by atoms with E-state index in [1.165, 1.54) is 23.5 Å². The fraction of sp³-hybridized carbons (Fsp3) is 0.231. The van der Waals surface area contributed by atoms with E-state index >= 15 is 0 Å². The third kappa shape index (κ3) is 3.06. The molecule has 0 aliphatic rings. The number of carbonyl (C=O) groups excluding carboxylic acids is 1. The lowest BCUT2D eigenvalue weighted by Crippen LogP contribution is -2.13. The van der Waals surface area contributed by atoms with E-state index in [1.54, 1.807) is 0 Å². The molecule has 1 heterocycles. The molecule has 0 saturated heterocycles. The van der Waals surface area contributed by atoms with Gasteiger partial charge >= 0.3 is 0 Å². The molecule has 7 heteroatoms. The highest BCUT2D eigenvalue weighted by Gasteiger charge is 2.16. The SMILES string of the molecule is CCc1nc(NC(=O)c2cc(N)cc(Cl)c2Cl)sc1C. The van der Waals surface area contributed by atoms with Gasteiger partial charge in [0.1, 0.15) is 0 Å². The average molecular weight is 330 g/mol. The highest BCUT2D eigenvalue weighted by atomic mass is 35.5. The Morgan fingerprint density at radius 3 is 2.75 bits per heavy atom. The quantitative estimate of drug-likeness (QED) is 0.831. The van der Waals surface area contributed by atoms with Gasteiger partial charge in [-0.05, 0) is 25.5 Å². The van der Waals surface area contributed by atoms with Gasteiger partial charge in [-0.15, -0.1) is 11.3 Å². The Labute approximate surface area is 130 Å². The van der Waals surface area contributed by atoms with Crippen molar-refractivity contribution in [1.82, 2.24) is 4.98 Å². The zero-order chi connectivity index (χ0) is 14.9. The third-order valence-corrected chi connectivity index (χ3v) is 4.47. The number of carbonyl (C=O) groups is 1. The second-order valence-corrected chi connectivity index (χ2v) is 6.18. The second kappa shape index (κ2) is 5.99. The van der Waals surface area contributed by atoms with E-state index in [1.807, 2.05) is 13.8 Å². The van der Waals surface area contributed by atoms with Crippen LogP contribution in [0.2, 0.25) is 10.0 Å². The lowest BCUT2D eigenvalue weighted by molar-refractivity contribution is 0.102. The molecule has 0 spiro atoms. The van der Waals surface area contributed by atoms with Crippen LogP contribution in [-0.4, -0.2) is 10.9 Å². The molecule has 106 valence electrons. The van der Waals surface area contributed by atoms with Crippen LogP contribution in [0.3, 0.4) is 0 Å². The Kier molecular flexibility index (Phi) is 4.52. The summed E-state index contributed by atoms with van der Waals surface area (Å²) in [5.41, 5.74) is 7.27. The minimum absolute atomic E-state index is 0.183. The molecule has 1 amide bonds. The van der Waals surface area contributed by atoms with Crippen LogP contribution < -0.4 is 11.1 Å². The van der Waals surface area contributed by atoms with Crippen LogP contribution in [0.5, 0.6) is 0 Å². The predicted octanol–water partition coefficient (Wildman–Crippen LogP) is 4.16. The van der Waals surface area contributed by atoms with E-state index in [2.05, 4.69) is 10.3 Å². The first kappa shape index (κ1) is 15.1. The number of rotatable bonds is 3. The molecule has 3 N–H and O–H groups in total. The molecule has 2 aromatic rings. The second-order valence-electron chi connectivity index (χ2n) is 4.19. The smallest absolute Gasteiger partial charge is 0.259 e. The molecule has 0 unspecified atom stereocenters. The monoisotopic (exact) mass is 329 g/mol. The van der Waals surface area contributed by atoms with E-state index in [-0.39, 0.29) is 21.5 Å². The maximum Gasteiger partial charge on any atom is 0.259 e. The van der Waals surface area contributed by atoms with Crippen LogP contribution in [-0.2, 0) is 6.42 Å². The number of aromatic nitrogens is 1. The van der Waals surface area contributed by atoms with Gasteiger partial charge in [-0.3, -0.25) is 10.1 Å². The van der Waals surface area contributed by atoms with E-state index in [4.69, 9.17) is 28.9 Å². The number of nitrogens with two attached hydrogens (primary N) is 1. The van der Waals surface area contributed by atoms with Crippen LogP contribution in [0, 0.1) is 6.92 Å². The van der Waals surface area contributed by atoms with Crippen molar-refractivity contribution in [3.8, 4) is 0 Å². The van der Waals surface area contributed by atoms with Crippen LogP contribution in [0.4, 0.5) is 10.8 Å². The number of halogens is 2. The van der Waals surface area contributed by atoms with Gasteiger partial charge in [0.2, 0.25) is 0 Å². The van der Waals surface area contributed by atoms with E-state index in [0.717, 1.165) is 17.0 Å². The number of hydrogen-bond donors (Lipinski definition) is 2. The van der Waals surface area contributed by atoms with Gasteiger partial charge in [-0.1, -0.05) is 30.1 Å². The first-order chi connectivity index (χ1) is 9.42. The van der Waals surface area contributed by atoms with Gasteiger partial charge in [0.05, 0.1) is 21.3 Å². The van der Waals surface area contributed by atoms with Crippen molar-refractivity contribution in [3.63, 3.8) is 0 Å². The fourth-order valence-electron chi connectivity index (χ4n) is 1.75. The number of anilines is 2. The Morgan fingerprint density at radius 1 is 1.45 bits per heavy atom. The van der Waals surface area contributed by atoms with Crippen molar-refractivity contribution in [2.24, 2.45) is 0 Å². The summed E-state index contributed by atoms with van der Waals surface area (Å²) in [5, 5.41) is 3.69. The van der Waals surface area contributed by atoms with Gasteiger partial charge in [-0.2, -0.15) is 0 Å². The number of nitrogens with zero attached hydrogens (tertiary/aromatic N) is 1. The molecule has 2 rings (SSSR count). The molecule has 0 atom stereocenters. The zero-order valence-corrected chi connectivity index (χ0v) is 13.3. The standard InChI is InChI=1S/C13H13Cl2N3OS/c1-3-10-6(2)20-13(17-10)18-12(19)8-4-7(16)5-9(14)11(8)15/h4-5H,3,16H2,1-2H3,(H,17,18,19). The van der Waals surface area contributed by atoms with Crippen molar-refractivity contribution in [2.75, 3.05) is 11.1 Å². The van der Waals surface area contributed by atoms with Crippen LogP contribution >= 0.6 is 34.5 Å². The maximum absolute atomic E-state index is 12.2. The minimum Gasteiger partial charge on any atom is -0.399 e. The number of amides is 1. The van der Waals surface area contributed by atoms with Crippen molar-refractivity contribution >= 4 is 51.3 Å². The van der Waals surface area contributed by atoms with Gasteiger partial charge in [0, 0.05) is 10.6 Å². The zero-order valence-electron chi connectivity index (χ0n) is 11.0. The van der Waals surface area contributed by atoms with Crippen molar-refractivity contribution < 1.29 is 4.79 Å².